The highest BCUT2D eigenvalue weighted by Gasteiger charge is 2.32. The Balaban J connectivity index is 2.30. The van der Waals surface area contributed by atoms with E-state index in [1.165, 1.54) is 6.07 Å². The summed E-state index contributed by atoms with van der Waals surface area (Å²) in [6, 6.07) is 5.02. The Labute approximate surface area is 118 Å². The molecule has 19 heavy (non-hydrogen) atoms. The van der Waals surface area contributed by atoms with Gasteiger partial charge in [0.1, 0.15) is 15.2 Å². The zero-order valence-corrected chi connectivity index (χ0v) is 12.7. The molecular weight excluding hydrogens is 282 g/mol. The van der Waals surface area contributed by atoms with Crippen molar-refractivity contribution in [2.45, 2.75) is 23.6 Å². The SMILES string of the molecule is CC1CN(C)CCCN1S(=O)(=O)c1ccc(C#N)s1. The van der Waals surface area contributed by atoms with Gasteiger partial charge in [0.25, 0.3) is 10.0 Å². The van der Waals surface area contributed by atoms with Crippen molar-refractivity contribution < 1.29 is 8.42 Å². The molecule has 1 unspecified atom stereocenters. The number of nitrogens with zero attached hydrogens (tertiary/aromatic N) is 3. The lowest BCUT2D eigenvalue weighted by Crippen LogP contribution is -2.41. The number of rotatable bonds is 2. The van der Waals surface area contributed by atoms with E-state index in [1.807, 2.05) is 20.0 Å². The highest BCUT2D eigenvalue weighted by Crippen LogP contribution is 2.26. The maximum Gasteiger partial charge on any atom is 0.252 e. The second-order valence-corrected chi connectivity index (χ2v) is 8.01. The van der Waals surface area contributed by atoms with E-state index in [1.54, 1.807) is 10.4 Å². The van der Waals surface area contributed by atoms with Crippen molar-refractivity contribution >= 4 is 21.4 Å². The Bertz CT molecular complexity index is 588. The van der Waals surface area contributed by atoms with Gasteiger partial charge in [0.15, 0.2) is 0 Å². The van der Waals surface area contributed by atoms with E-state index >= 15 is 0 Å². The molecule has 5 nitrogen and oxygen atoms in total. The molecule has 0 amide bonds. The van der Waals surface area contributed by atoms with Gasteiger partial charge in [0, 0.05) is 19.1 Å². The van der Waals surface area contributed by atoms with Crippen molar-refractivity contribution in [1.82, 2.24) is 9.21 Å². The lowest BCUT2D eigenvalue weighted by Gasteiger charge is -2.26. The van der Waals surface area contributed by atoms with Gasteiger partial charge >= 0.3 is 0 Å². The van der Waals surface area contributed by atoms with Gasteiger partial charge < -0.3 is 4.90 Å². The summed E-state index contributed by atoms with van der Waals surface area (Å²) in [4.78, 5) is 2.58. The lowest BCUT2D eigenvalue weighted by molar-refractivity contribution is 0.291. The normalized spacial score (nSPS) is 22.9. The Morgan fingerprint density at radius 3 is 2.79 bits per heavy atom. The zero-order valence-electron chi connectivity index (χ0n) is 11.0. The average molecular weight is 299 g/mol. The predicted octanol–water partition coefficient (Wildman–Crippen LogP) is 1.33. The minimum atomic E-state index is -3.47. The number of hydrogen-bond acceptors (Lipinski definition) is 5. The van der Waals surface area contributed by atoms with Crippen LogP contribution in [0.2, 0.25) is 0 Å². The van der Waals surface area contributed by atoms with Gasteiger partial charge in [-0.25, -0.2) is 8.42 Å². The fourth-order valence-corrected chi connectivity index (χ4v) is 5.24. The maximum atomic E-state index is 12.6. The first-order valence-electron chi connectivity index (χ1n) is 6.15. The number of thiophene rings is 1. The summed E-state index contributed by atoms with van der Waals surface area (Å²) >= 11 is 1.04. The molecule has 1 aliphatic rings. The highest BCUT2D eigenvalue weighted by molar-refractivity contribution is 7.91. The van der Waals surface area contributed by atoms with Gasteiger partial charge in [0.05, 0.1) is 0 Å². The van der Waals surface area contributed by atoms with Gasteiger partial charge in [-0.3, -0.25) is 0 Å². The van der Waals surface area contributed by atoms with Gasteiger partial charge in [-0.15, -0.1) is 11.3 Å². The van der Waals surface area contributed by atoms with Crippen molar-refractivity contribution in [2.75, 3.05) is 26.7 Å². The third-order valence-electron chi connectivity index (χ3n) is 3.24. The summed E-state index contributed by atoms with van der Waals surface area (Å²) in [5, 5.41) is 8.80. The first-order chi connectivity index (χ1) is 8.95. The van der Waals surface area contributed by atoms with Crippen molar-refractivity contribution in [1.29, 1.82) is 5.26 Å². The fourth-order valence-electron chi connectivity index (χ4n) is 2.34. The van der Waals surface area contributed by atoms with Gasteiger partial charge in [0.2, 0.25) is 0 Å². The van der Waals surface area contributed by atoms with Crippen molar-refractivity contribution in [3.8, 4) is 6.07 Å². The Kier molecular flexibility index (Phi) is 4.26. The van der Waals surface area contributed by atoms with Crippen LogP contribution < -0.4 is 0 Å². The molecule has 0 N–H and O–H groups in total. The van der Waals surface area contributed by atoms with Crippen LogP contribution in [-0.4, -0.2) is 50.3 Å². The summed E-state index contributed by atoms with van der Waals surface area (Å²) in [6.07, 6.45) is 0.830. The topological polar surface area (TPSA) is 64.4 Å². The highest BCUT2D eigenvalue weighted by atomic mass is 32.2. The monoisotopic (exact) mass is 299 g/mol. The van der Waals surface area contributed by atoms with E-state index < -0.39 is 10.0 Å². The molecule has 2 rings (SSSR count). The molecule has 1 aromatic rings. The van der Waals surface area contributed by atoms with E-state index in [0.29, 0.717) is 11.4 Å². The van der Waals surface area contributed by atoms with E-state index in [4.69, 9.17) is 5.26 Å². The number of sulfonamides is 1. The molecule has 104 valence electrons. The smallest absolute Gasteiger partial charge is 0.252 e. The number of nitriles is 1. The van der Waals surface area contributed by atoms with Crippen LogP contribution >= 0.6 is 11.3 Å². The van der Waals surface area contributed by atoms with Gasteiger partial charge in [-0.2, -0.15) is 9.57 Å². The van der Waals surface area contributed by atoms with Crippen molar-refractivity contribution in [3.63, 3.8) is 0 Å². The first-order valence-corrected chi connectivity index (χ1v) is 8.41. The summed E-state index contributed by atoms with van der Waals surface area (Å²) in [7, 11) is -1.47. The Hall–Kier alpha value is -0.940. The van der Waals surface area contributed by atoms with Gasteiger partial charge in [-0.05, 0) is 39.1 Å². The molecule has 0 aromatic carbocycles. The molecule has 0 radical (unpaired) electrons. The largest absolute Gasteiger partial charge is 0.305 e. The van der Waals surface area contributed by atoms with Crippen LogP contribution in [0.3, 0.4) is 0 Å². The minimum absolute atomic E-state index is 0.0508. The summed E-state index contributed by atoms with van der Waals surface area (Å²) in [6.45, 7) is 4.10. The molecule has 0 bridgehead atoms. The standard InChI is InChI=1S/C12H17N3O2S2/c1-10-9-14(2)6-3-7-15(10)19(16,17)12-5-4-11(8-13)18-12/h4-5,10H,3,6-7,9H2,1-2H3. The molecular formula is C12H17N3O2S2. The summed E-state index contributed by atoms with van der Waals surface area (Å²) in [5.74, 6) is 0. The molecule has 0 spiro atoms. The van der Waals surface area contributed by atoms with E-state index in [9.17, 15) is 8.42 Å². The summed E-state index contributed by atoms with van der Waals surface area (Å²) < 4.78 is 27.0. The van der Waals surface area contributed by atoms with Crippen LogP contribution in [0.15, 0.2) is 16.3 Å². The van der Waals surface area contributed by atoms with Gasteiger partial charge in [-0.1, -0.05) is 0 Å². The second-order valence-electron chi connectivity index (χ2n) is 4.81. The lowest BCUT2D eigenvalue weighted by atomic mass is 10.3. The van der Waals surface area contributed by atoms with E-state index in [0.717, 1.165) is 30.8 Å². The molecule has 0 saturated carbocycles. The molecule has 1 aliphatic heterocycles. The van der Waals surface area contributed by atoms with Crippen LogP contribution in [0.1, 0.15) is 18.2 Å². The zero-order chi connectivity index (χ0) is 14.0. The van der Waals surface area contributed by atoms with Crippen LogP contribution in [0.4, 0.5) is 0 Å². The Morgan fingerprint density at radius 1 is 1.42 bits per heavy atom. The predicted molar refractivity (Wildman–Crippen MR) is 74.5 cm³/mol. The first kappa shape index (κ1) is 14.5. The second kappa shape index (κ2) is 5.59. The van der Waals surface area contributed by atoms with Crippen molar-refractivity contribution in [2.24, 2.45) is 0 Å². The van der Waals surface area contributed by atoms with E-state index in [-0.39, 0.29) is 10.3 Å². The number of likely N-dealkylation sites (N-methyl/N-ethyl adjacent to an activating group) is 1. The van der Waals surface area contributed by atoms with Crippen LogP contribution in [0.25, 0.3) is 0 Å². The van der Waals surface area contributed by atoms with Crippen LogP contribution in [0, 0.1) is 11.3 Å². The molecule has 1 aromatic heterocycles. The molecule has 7 heteroatoms. The molecule has 1 fully saturated rings. The molecule has 2 heterocycles. The quantitative estimate of drug-likeness (QED) is 0.826. The summed E-state index contributed by atoms with van der Waals surface area (Å²) in [5.41, 5.74) is 0. The third-order valence-corrected chi connectivity index (χ3v) is 6.71. The van der Waals surface area contributed by atoms with Crippen LogP contribution in [-0.2, 0) is 10.0 Å². The fraction of sp³-hybridized carbons (Fsp3) is 0.583. The number of hydrogen-bond donors (Lipinski definition) is 0. The average Bonchev–Trinajstić information content (AvgIpc) is 2.76. The Morgan fingerprint density at radius 2 is 2.16 bits per heavy atom. The maximum absolute atomic E-state index is 12.6. The molecule has 0 aliphatic carbocycles. The molecule has 1 atom stereocenters. The van der Waals surface area contributed by atoms with Crippen LogP contribution in [0.5, 0.6) is 0 Å². The van der Waals surface area contributed by atoms with Crippen molar-refractivity contribution in [3.05, 3.63) is 17.0 Å². The van der Waals surface area contributed by atoms with E-state index in [2.05, 4.69) is 4.90 Å². The minimum Gasteiger partial charge on any atom is -0.305 e. The third kappa shape index (κ3) is 2.98. The molecule has 1 saturated heterocycles.